The first kappa shape index (κ1) is 15.1. The van der Waals surface area contributed by atoms with Crippen molar-refractivity contribution in [1.29, 1.82) is 0 Å². The summed E-state index contributed by atoms with van der Waals surface area (Å²) in [6.45, 7) is 3.93. The predicted molar refractivity (Wildman–Crippen MR) is 90.1 cm³/mol. The van der Waals surface area contributed by atoms with E-state index in [1.807, 2.05) is 26.0 Å². The zero-order chi connectivity index (χ0) is 16.6. The van der Waals surface area contributed by atoms with Crippen LogP contribution in [0.4, 0.5) is 10.8 Å². The summed E-state index contributed by atoms with van der Waals surface area (Å²) in [6.07, 6.45) is 0. The first-order chi connectivity index (χ1) is 10.9. The van der Waals surface area contributed by atoms with Crippen LogP contribution in [0.1, 0.15) is 21.5 Å². The molecule has 0 unspecified atom stereocenters. The van der Waals surface area contributed by atoms with Gasteiger partial charge in [-0.2, -0.15) is 0 Å². The fourth-order valence-electron chi connectivity index (χ4n) is 2.13. The number of thiazole rings is 1. The second kappa shape index (κ2) is 5.77. The summed E-state index contributed by atoms with van der Waals surface area (Å²) in [5.74, 6) is -0.248. The highest BCUT2D eigenvalue weighted by molar-refractivity contribution is 7.22. The molecule has 0 atom stereocenters. The van der Waals surface area contributed by atoms with Gasteiger partial charge in [-0.15, -0.1) is 0 Å². The highest BCUT2D eigenvalue weighted by atomic mass is 32.1. The highest BCUT2D eigenvalue weighted by Gasteiger charge is 2.13. The molecular formula is C16H13N3O3S. The minimum Gasteiger partial charge on any atom is -0.298 e. The summed E-state index contributed by atoms with van der Waals surface area (Å²) >= 11 is 1.28. The number of nitro groups is 1. The Balaban J connectivity index is 1.87. The van der Waals surface area contributed by atoms with Crippen LogP contribution < -0.4 is 5.32 Å². The minimum atomic E-state index is -0.466. The molecule has 116 valence electrons. The van der Waals surface area contributed by atoms with E-state index in [9.17, 15) is 14.9 Å². The van der Waals surface area contributed by atoms with Crippen molar-refractivity contribution in [3.63, 3.8) is 0 Å². The first-order valence-corrected chi connectivity index (χ1v) is 7.69. The van der Waals surface area contributed by atoms with Crippen molar-refractivity contribution in [3.8, 4) is 0 Å². The molecule has 2 aromatic carbocycles. The van der Waals surface area contributed by atoms with Crippen molar-refractivity contribution < 1.29 is 9.72 Å². The van der Waals surface area contributed by atoms with Crippen LogP contribution in [-0.2, 0) is 0 Å². The molecule has 1 N–H and O–H groups in total. The summed E-state index contributed by atoms with van der Waals surface area (Å²) in [4.78, 5) is 26.8. The summed E-state index contributed by atoms with van der Waals surface area (Å²) in [6, 6.07) is 9.94. The highest BCUT2D eigenvalue weighted by Crippen LogP contribution is 2.29. The average Bonchev–Trinajstić information content (AvgIpc) is 2.90. The molecule has 3 aromatic rings. The van der Waals surface area contributed by atoms with Crippen molar-refractivity contribution in [3.05, 3.63) is 63.2 Å². The van der Waals surface area contributed by atoms with Crippen LogP contribution in [0.3, 0.4) is 0 Å². The van der Waals surface area contributed by atoms with Crippen LogP contribution in [0.2, 0.25) is 0 Å². The maximum Gasteiger partial charge on any atom is 0.271 e. The Labute approximate surface area is 135 Å². The number of benzene rings is 2. The van der Waals surface area contributed by atoms with Gasteiger partial charge in [0.2, 0.25) is 0 Å². The third-order valence-electron chi connectivity index (χ3n) is 3.57. The van der Waals surface area contributed by atoms with Crippen LogP contribution in [0.15, 0.2) is 36.4 Å². The number of aryl methyl sites for hydroxylation is 2. The number of fused-ring (bicyclic) bond motifs is 1. The lowest BCUT2D eigenvalue weighted by molar-refractivity contribution is -0.384. The number of hydrogen-bond acceptors (Lipinski definition) is 5. The molecule has 0 aliphatic carbocycles. The molecule has 0 saturated heterocycles. The number of hydrogen-bond donors (Lipinski definition) is 1. The van der Waals surface area contributed by atoms with Crippen molar-refractivity contribution in [2.75, 3.05) is 5.32 Å². The van der Waals surface area contributed by atoms with Gasteiger partial charge in [0.05, 0.1) is 15.1 Å². The topological polar surface area (TPSA) is 85.1 Å². The molecule has 23 heavy (non-hydrogen) atoms. The van der Waals surface area contributed by atoms with E-state index >= 15 is 0 Å². The summed E-state index contributed by atoms with van der Waals surface area (Å²) in [7, 11) is 0. The number of nitrogens with zero attached hydrogens (tertiary/aromatic N) is 2. The third-order valence-corrected chi connectivity index (χ3v) is 4.52. The quantitative estimate of drug-likeness (QED) is 0.580. The molecular weight excluding hydrogens is 314 g/mol. The minimum absolute atomic E-state index is 0.0187. The van der Waals surface area contributed by atoms with Gasteiger partial charge >= 0.3 is 0 Å². The number of carbonyl (C=O) groups is 1. The summed E-state index contributed by atoms with van der Waals surface area (Å²) < 4.78 is 0.783. The van der Waals surface area contributed by atoms with Crippen LogP contribution in [0.25, 0.3) is 10.2 Å². The molecule has 0 aliphatic rings. The van der Waals surface area contributed by atoms with Gasteiger partial charge < -0.3 is 0 Å². The van der Waals surface area contributed by atoms with E-state index in [0.29, 0.717) is 16.2 Å². The molecule has 0 aliphatic heterocycles. The Bertz CT molecular complexity index is 933. The maximum atomic E-state index is 12.3. The Morgan fingerprint density at radius 1 is 1.17 bits per heavy atom. The average molecular weight is 327 g/mol. The van der Waals surface area contributed by atoms with Gasteiger partial charge in [-0.25, -0.2) is 4.98 Å². The number of nitro benzene ring substituents is 1. The van der Waals surface area contributed by atoms with Gasteiger partial charge in [0.15, 0.2) is 5.13 Å². The number of aromatic nitrogens is 1. The fraction of sp³-hybridized carbons (Fsp3) is 0.125. The SMILES string of the molecule is Cc1ccc(C(=O)Nc2nc3cc([N+](=O)[O-])ccc3s2)cc1C. The molecule has 0 radical (unpaired) electrons. The van der Waals surface area contributed by atoms with E-state index in [4.69, 9.17) is 0 Å². The van der Waals surface area contributed by atoms with E-state index in [2.05, 4.69) is 10.3 Å². The van der Waals surface area contributed by atoms with E-state index in [1.165, 1.54) is 23.5 Å². The fourth-order valence-corrected chi connectivity index (χ4v) is 2.98. The standard InChI is InChI=1S/C16H13N3O3S/c1-9-3-4-11(7-10(9)2)15(20)18-16-17-13-8-12(19(21)22)5-6-14(13)23-16/h3-8H,1-2H3,(H,17,18,20). The lowest BCUT2D eigenvalue weighted by atomic mass is 10.1. The van der Waals surface area contributed by atoms with Gasteiger partial charge in [0.25, 0.3) is 11.6 Å². The van der Waals surface area contributed by atoms with Gasteiger partial charge in [0.1, 0.15) is 0 Å². The molecule has 3 rings (SSSR count). The number of anilines is 1. The summed E-state index contributed by atoms with van der Waals surface area (Å²) in [5, 5.41) is 13.9. The van der Waals surface area contributed by atoms with Crippen molar-refractivity contribution in [2.45, 2.75) is 13.8 Å². The lowest BCUT2D eigenvalue weighted by Crippen LogP contribution is -2.11. The van der Waals surface area contributed by atoms with Crippen molar-refractivity contribution in [1.82, 2.24) is 4.98 Å². The van der Waals surface area contributed by atoms with E-state index in [-0.39, 0.29) is 11.6 Å². The predicted octanol–water partition coefficient (Wildman–Crippen LogP) is 4.07. The Morgan fingerprint density at radius 2 is 1.96 bits per heavy atom. The molecule has 7 heteroatoms. The Kier molecular flexibility index (Phi) is 3.79. The second-order valence-corrected chi connectivity index (χ2v) is 6.21. The summed E-state index contributed by atoms with van der Waals surface area (Å²) in [5.41, 5.74) is 3.19. The zero-order valence-electron chi connectivity index (χ0n) is 12.5. The van der Waals surface area contributed by atoms with Crippen LogP contribution >= 0.6 is 11.3 Å². The third kappa shape index (κ3) is 3.04. The normalized spacial score (nSPS) is 10.7. The van der Waals surface area contributed by atoms with Crippen LogP contribution in [-0.4, -0.2) is 15.8 Å². The molecule has 1 heterocycles. The number of carbonyl (C=O) groups excluding carboxylic acids is 1. The molecule has 0 saturated carbocycles. The number of nitrogens with one attached hydrogen (secondary N) is 1. The van der Waals surface area contributed by atoms with E-state index < -0.39 is 4.92 Å². The molecule has 1 amide bonds. The number of non-ortho nitro benzene ring substituents is 1. The lowest BCUT2D eigenvalue weighted by Gasteiger charge is -2.04. The Morgan fingerprint density at radius 3 is 2.65 bits per heavy atom. The molecule has 6 nitrogen and oxygen atoms in total. The van der Waals surface area contributed by atoms with Gasteiger partial charge in [-0.05, 0) is 43.2 Å². The largest absolute Gasteiger partial charge is 0.298 e. The Hall–Kier alpha value is -2.80. The van der Waals surface area contributed by atoms with Gasteiger partial charge in [-0.1, -0.05) is 17.4 Å². The maximum absolute atomic E-state index is 12.3. The van der Waals surface area contributed by atoms with E-state index in [1.54, 1.807) is 12.1 Å². The van der Waals surface area contributed by atoms with Crippen LogP contribution in [0, 0.1) is 24.0 Å². The van der Waals surface area contributed by atoms with Gasteiger partial charge in [-0.3, -0.25) is 20.2 Å². The smallest absolute Gasteiger partial charge is 0.271 e. The number of amides is 1. The second-order valence-electron chi connectivity index (χ2n) is 5.18. The molecule has 0 fully saturated rings. The zero-order valence-corrected chi connectivity index (χ0v) is 13.3. The first-order valence-electron chi connectivity index (χ1n) is 6.87. The van der Waals surface area contributed by atoms with E-state index in [0.717, 1.165) is 15.8 Å². The molecule has 0 spiro atoms. The van der Waals surface area contributed by atoms with Crippen LogP contribution in [0.5, 0.6) is 0 Å². The molecule has 1 aromatic heterocycles. The van der Waals surface area contributed by atoms with Gasteiger partial charge in [0, 0.05) is 17.7 Å². The number of rotatable bonds is 3. The van der Waals surface area contributed by atoms with Crippen molar-refractivity contribution in [2.24, 2.45) is 0 Å². The molecule has 0 bridgehead atoms. The monoisotopic (exact) mass is 327 g/mol. The van der Waals surface area contributed by atoms with Crippen molar-refractivity contribution >= 4 is 38.3 Å².